The van der Waals surface area contributed by atoms with Crippen molar-refractivity contribution >= 4 is 5.91 Å². The van der Waals surface area contributed by atoms with Gasteiger partial charge >= 0.3 is 0 Å². The second kappa shape index (κ2) is 4.60. The van der Waals surface area contributed by atoms with Crippen molar-refractivity contribution in [1.82, 2.24) is 4.90 Å². The Morgan fingerprint density at radius 3 is 2.18 bits per heavy atom. The van der Waals surface area contributed by atoms with E-state index in [1.54, 1.807) is 0 Å². The van der Waals surface area contributed by atoms with E-state index in [1.165, 1.54) is 0 Å². The Kier molecular flexibility index (Phi) is 3.92. The first-order valence-corrected chi connectivity index (χ1v) is 6.47. The molecule has 0 radical (unpaired) electrons. The van der Waals surface area contributed by atoms with Gasteiger partial charge in [-0.1, -0.05) is 41.5 Å². The fourth-order valence-corrected chi connectivity index (χ4v) is 2.01. The van der Waals surface area contributed by atoms with Crippen LogP contribution in [0, 0.1) is 16.7 Å². The molecule has 1 fully saturated rings. The van der Waals surface area contributed by atoms with Gasteiger partial charge in [-0.15, -0.1) is 0 Å². The second-order valence-corrected chi connectivity index (χ2v) is 7.45. The van der Waals surface area contributed by atoms with Gasteiger partial charge in [-0.25, -0.2) is 0 Å². The van der Waals surface area contributed by atoms with Gasteiger partial charge in [-0.2, -0.15) is 0 Å². The van der Waals surface area contributed by atoms with Crippen molar-refractivity contribution < 1.29 is 9.90 Å². The number of hydrogen-bond donors (Lipinski definition) is 1. The standard InChI is InChI=1S/C14H27NO2/c1-13(2,3)10-7-12(17)15(8-10)9-11(16)14(4,5)6/h10-11,16H,7-9H2,1-6H3. The average Bonchev–Trinajstić information content (AvgIpc) is 2.45. The van der Waals surface area contributed by atoms with E-state index in [1.807, 2.05) is 25.7 Å². The van der Waals surface area contributed by atoms with Gasteiger partial charge in [-0.05, 0) is 16.7 Å². The lowest BCUT2D eigenvalue weighted by Crippen LogP contribution is -2.40. The van der Waals surface area contributed by atoms with E-state index in [9.17, 15) is 9.90 Å². The number of aliphatic hydroxyl groups excluding tert-OH is 1. The van der Waals surface area contributed by atoms with Crippen LogP contribution in [0.5, 0.6) is 0 Å². The Bertz CT molecular complexity index is 286. The SMILES string of the molecule is CC(C)(C)C(O)CN1CC(C(C)(C)C)CC1=O. The third-order valence-corrected chi connectivity index (χ3v) is 3.83. The van der Waals surface area contributed by atoms with E-state index in [0.717, 1.165) is 6.54 Å². The molecule has 1 rings (SSSR count). The topological polar surface area (TPSA) is 40.5 Å². The predicted molar refractivity (Wildman–Crippen MR) is 69.6 cm³/mol. The number of aliphatic hydroxyl groups is 1. The second-order valence-electron chi connectivity index (χ2n) is 7.45. The lowest BCUT2D eigenvalue weighted by Gasteiger charge is -2.31. The smallest absolute Gasteiger partial charge is 0.223 e. The molecule has 2 atom stereocenters. The van der Waals surface area contributed by atoms with Gasteiger partial charge in [0.1, 0.15) is 0 Å². The van der Waals surface area contributed by atoms with Gasteiger partial charge in [0.2, 0.25) is 5.91 Å². The molecule has 1 heterocycles. The summed E-state index contributed by atoms with van der Waals surface area (Å²) in [4.78, 5) is 13.7. The molecule has 2 unspecified atom stereocenters. The summed E-state index contributed by atoms with van der Waals surface area (Å²) in [7, 11) is 0. The zero-order chi connectivity index (χ0) is 13.4. The lowest BCUT2D eigenvalue weighted by atomic mass is 9.80. The Morgan fingerprint density at radius 1 is 1.29 bits per heavy atom. The largest absolute Gasteiger partial charge is 0.391 e. The molecule has 0 saturated carbocycles. The van der Waals surface area contributed by atoms with Crippen LogP contribution in [0.3, 0.4) is 0 Å². The third kappa shape index (κ3) is 3.70. The van der Waals surface area contributed by atoms with Crippen LogP contribution in [0.15, 0.2) is 0 Å². The number of β-amino-alcohol motifs (C(OH)–C–C–N with tert-alkyl or cyclic N) is 1. The Morgan fingerprint density at radius 2 is 1.82 bits per heavy atom. The Balaban J connectivity index is 2.61. The first kappa shape index (κ1) is 14.5. The van der Waals surface area contributed by atoms with Crippen molar-refractivity contribution in [3.05, 3.63) is 0 Å². The summed E-state index contributed by atoms with van der Waals surface area (Å²) < 4.78 is 0. The molecule has 0 aromatic rings. The normalized spacial score (nSPS) is 24.3. The number of nitrogens with zero attached hydrogens (tertiary/aromatic N) is 1. The molecule has 1 N–H and O–H groups in total. The summed E-state index contributed by atoms with van der Waals surface area (Å²) >= 11 is 0. The van der Waals surface area contributed by atoms with Crippen molar-refractivity contribution in [3.63, 3.8) is 0 Å². The molecule has 17 heavy (non-hydrogen) atoms. The highest BCUT2D eigenvalue weighted by molar-refractivity contribution is 5.78. The van der Waals surface area contributed by atoms with E-state index in [4.69, 9.17) is 0 Å². The summed E-state index contributed by atoms with van der Waals surface area (Å²) in [6.07, 6.45) is 0.172. The number of hydrogen-bond acceptors (Lipinski definition) is 2. The summed E-state index contributed by atoms with van der Waals surface area (Å²) in [6, 6.07) is 0. The number of rotatable bonds is 2. The van der Waals surface area contributed by atoms with Gasteiger partial charge < -0.3 is 10.0 Å². The fourth-order valence-electron chi connectivity index (χ4n) is 2.01. The van der Waals surface area contributed by atoms with Crippen LogP contribution in [-0.2, 0) is 4.79 Å². The molecule has 3 nitrogen and oxygen atoms in total. The van der Waals surface area contributed by atoms with Crippen molar-refractivity contribution in [2.75, 3.05) is 13.1 Å². The maximum absolute atomic E-state index is 11.9. The van der Waals surface area contributed by atoms with Crippen LogP contribution in [0.25, 0.3) is 0 Å². The van der Waals surface area contributed by atoms with E-state index < -0.39 is 6.10 Å². The number of amides is 1. The quantitative estimate of drug-likeness (QED) is 0.806. The van der Waals surface area contributed by atoms with E-state index >= 15 is 0 Å². The van der Waals surface area contributed by atoms with Crippen LogP contribution in [0.4, 0.5) is 0 Å². The third-order valence-electron chi connectivity index (χ3n) is 3.83. The summed E-state index contributed by atoms with van der Waals surface area (Å²) in [5, 5.41) is 10.1. The first-order chi connectivity index (χ1) is 7.51. The van der Waals surface area contributed by atoms with Gasteiger partial charge in [0.05, 0.1) is 6.10 Å². The van der Waals surface area contributed by atoms with Crippen molar-refractivity contribution in [2.45, 2.75) is 54.1 Å². The summed E-state index contributed by atoms with van der Waals surface area (Å²) in [5.41, 5.74) is -0.00278. The average molecular weight is 241 g/mol. The van der Waals surface area contributed by atoms with Crippen LogP contribution >= 0.6 is 0 Å². The van der Waals surface area contributed by atoms with Crippen LogP contribution in [0.2, 0.25) is 0 Å². The highest BCUT2D eigenvalue weighted by Gasteiger charge is 2.38. The zero-order valence-corrected chi connectivity index (χ0v) is 12.1. The summed E-state index contributed by atoms with van der Waals surface area (Å²) in [5.74, 6) is 0.593. The minimum Gasteiger partial charge on any atom is -0.391 e. The van der Waals surface area contributed by atoms with Crippen LogP contribution < -0.4 is 0 Å². The lowest BCUT2D eigenvalue weighted by molar-refractivity contribution is -0.129. The van der Waals surface area contributed by atoms with Crippen molar-refractivity contribution in [2.24, 2.45) is 16.7 Å². The van der Waals surface area contributed by atoms with Crippen LogP contribution in [0.1, 0.15) is 48.0 Å². The maximum Gasteiger partial charge on any atom is 0.223 e. The fraction of sp³-hybridized carbons (Fsp3) is 0.929. The van der Waals surface area contributed by atoms with Crippen molar-refractivity contribution in [3.8, 4) is 0 Å². The highest BCUT2D eigenvalue weighted by atomic mass is 16.3. The number of carbonyl (C=O) groups excluding carboxylic acids is 1. The molecule has 0 aromatic heterocycles. The molecule has 0 aliphatic carbocycles. The molecule has 0 aromatic carbocycles. The first-order valence-electron chi connectivity index (χ1n) is 6.47. The molecular weight excluding hydrogens is 214 g/mol. The number of likely N-dealkylation sites (tertiary alicyclic amines) is 1. The maximum atomic E-state index is 11.9. The van der Waals surface area contributed by atoms with E-state index in [0.29, 0.717) is 18.9 Å². The Labute approximate surface area is 105 Å². The van der Waals surface area contributed by atoms with Crippen LogP contribution in [-0.4, -0.2) is 35.1 Å². The van der Waals surface area contributed by atoms with Crippen molar-refractivity contribution in [1.29, 1.82) is 0 Å². The molecule has 0 spiro atoms. The molecule has 0 bridgehead atoms. The van der Waals surface area contributed by atoms with Gasteiger partial charge in [0, 0.05) is 19.5 Å². The Hall–Kier alpha value is -0.570. The van der Waals surface area contributed by atoms with E-state index in [-0.39, 0.29) is 16.7 Å². The zero-order valence-electron chi connectivity index (χ0n) is 12.1. The minimum atomic E-state index is -0.454. The molecule has 1 aliphatic heterocycles. The van der Waals surface area contributed by atoms with Gasteiger partial charge in [0.25, 0.3) is 0 Å². The molecule has 1 amide bonds. The van der Waals surface area contributed by atoms with Gasteiger partial charge in [-0.3, -0.25) is 4.79 Å². The highest BCUT2D eigenvalue weighted by Crippen LogP contribution is 2.34. The molecule has 1 saturated heterocycles. The minimum absolute atomic E-state index is 0.164. The molecule has 3 heteroatoms. The predicted octanol–water partition coefficient (Wildman–Crippen LogP) is 2.29. The van der Waals surface area contributed by atoms with Gasteiger partial charge in [0.15, 0.2) is 0 Å². The number of carbonyl (C=O) groups is 1. The van der Waals surface area contributed by atoms with E-state index in [2.05, 4.69) is 20.8 Å². The monoisotopic (exact) mass is 241 g/mol. The molecule has 1 aliphatic rings. The molecular formula is C14H27NO2. The summed E-state index contributed by atoms with van der Waals surface area (Å²) in [6.45, 7) is 13.8. The molecule has 100 valence electrons.